The van der Waals surface area contributed by atoms with Crippen molar-refractivity contribution in [1.29, 1.82) is 0 Å². The molecule has 1 aromatic rings. The number of carbonyl (C=O) groups is 1. The molecular weight excluding hydrogens is 228 g/mol. The van der Waals surface area contributed by atoms with Gasteiger partial charge in [-0.05, 0) is 37.5 Å². The molecule has 0 radical (unpaired) electrons. The minimum Gasteiger partial charge on any atom is -0.481 e. The number of aliphatic carboxylic acids is 1. The lowest BCUT2D eigenvalue weighted by molar-refractivity contribution is -0.162. The maximum absolute atomic E-state index is 11.3. The first-order valence-corrected chi connectivity index (χ1v) is 5.45. The van der Waals surface area contributed by atoms with Crippen molar-refractivity contribution in [1.82, 2.24) is 0 Å². The van der Waals surface area contributed by atoms with Crippen molar-refractivity contribution < 1.29 is 15.0 Å². The van der Waals surface area contributed by atoms with Crippen molar-refractivity contribution in [2.45, 2.75) is 30.8 Å². The molecule has 1 fully saturated rings. The molecule has 0 heterocycles. The highest BCUT2D eigenvalue weighted by Gasteiger charge is 2.57. The molecule has 0 aliphatic heterocycles. The summed E-state index contributed by atoms with van der Waals surface area (Å²) >= 11 is 5.85. The zero-order valence-corrected chi connectivity index (χ0v) is 9.66. The van der Waals surface area contributed by atoms with Gasteiger partial charge < -0.3 is 10.2 Å². The molecule has 0 amide bonds. The fraction of sp³-hybridized carbons (Fsp3) is 0.417. The number of rotatable bonds is 2. The second kappa shape index (κ2) is 3.47. The van der Waals surface area contributed by atoms with Crippen LogP contribution in [0, 0.1) is 0 Å². The summed E-state index contributed by atoms with van der Waals surface area (Å²) in [5, 5.41) is 19.6. The van der Waals surface area contributed by atoms with Crippen molar-refractivity contribution in [3.63, 3.8) is 0 Å². The summed E-state index contributed by atoms with van der Waals surface area (Å²) < 4.78 is 0. The predicted octanol–water partition coefficient (Wildman–Crippen LogP) is 2.21. The molecule has 0 saturated heterocycles. The Morgan fingerprint density at radius 3 is 2.50 bits per heavy atom. The van der Waals surface area contributed by atoms with Crippen LogP contribution in [-0.2, 0) is 10.2 Å². The number of carboxylic acid groups (broad SMARTS) is 1. The zero-order valence-electron chi connectivity index (χ0n) is 8.90. The first-order valence-electron chi connectivity index (χ1n) is 5.08. The van der Waals surface area contributed by atoms with Crippen LogP contribution in [0.4, 0.5) is 0 Å². The predicted molar refractivity (Wildman–Crippen MR) is 60.6 cm³/mol. The molecule has 0 atom stereocenters. The summed E-state index contributed by atoms with van der Waals surface area (Å²) in [5.74, 6) is -0.902. The highest BCUT2D eigenvalue weighted by atomic mass is 35.5. The van der Waals surface area contributed by atoms with E-state index in [9.17, 15) is 15.0 Å². The number of hydrogen-bond acceptors (Lipinski definition) is 2. The Labute approximate surface area is 98.7 Å². The Kier molecular flexibility index (Phi) is 2.48. The van der Waals surface area contributed by atoms with Gasteiger partial charge in [0.2, 0.25) is 0 Å². The van der Waals surface area contributed by atoms with Gasteiger partial charge in [-0.3, -0.25) is 4.79 Å². The second-order valence-corrected chi connectivity index (χ2v) is 5.18. The van der Waals surface area contributed by atoms with Gasteiger partial charge in [-0.2, -0.15) is 0 Å². The highest BCUT2D eigenvalue weighted by Crippen LogP contribution is 2.50. The fourth-order valence-corrected chi connectivity index (χ4v) is 2.70. The summed E-state index contributed by atoms with van der Waals surface area (Å²) in [4.78, 5) is 11.3. The third-order valence-corrected chi connectivity index (χ3v) is 3.39. The Morgan fingerprint density at radius 2 is 2.06 bits per heavy atom. The first kappa shape index (κ1) is 11.4. The van der Waals surface area contributed by atoms with E-state index < -0.39 is 17.0 Å². The molecule has 1 saturated carbocycles. The van der Waals surface area contributed by atoms with E-state index in [1.807, 2.05) is 0 Å². The fourth-order valence-electron chi connectivity index (χ4n) is 2.51. The van der Waals surface area contributed by atoms with Crippen LogP contribution in [0.5, 0.6) is 0 Å². The smallest absolute Gasteiger partial charge is 0.314 e. The molecule has 2 N–H and O–H groups in total. The van der Waals surface area contributed by atoms with Gasteiger partial charge in [-0.1, -0.05) is 23.7 Å². The molecule has 4 heteroatoms. The Morgan fingerprint density at radius 1 is 1.44 bits per heavy atom. The number of carboxylic acids is 1. The van der Waals surface area contributed by atoms with Gasteiger partial charge in [-0.15, -0.1) is 0 Å². The lowest BCUT2D eigenvalue weighted by Gasteiger charge is -2.49. The van der Waals surface area contributed by atoms with Gasteiger partial charge in [0, 0.05) is 5.02 Å². The van der Waals surface area contributed by atoms with E-state index in [-0.39, 0.29) is 12.8 Å². The summed E-state index contributed by atoms with van der Waals surface area (Å²) in [6, 6.07) is 6.84. The van der Waals surface area contributed by atoms with Crippen LogP contribution in [0.1, 0.15) is 25.3 Å². The molecule has 86 valence electrons. The number of aliphatic hydroxyl groups is 1. The molecule has 1 aliphatic carbocycles. The maximum Gasteiger partial charge on any atom is 0.314 e. The molecule has 3 nitrogen and oxygen atoms in total. The third-order valence-electron chi connectivity index (χ3n) is 3.15. The second-order valence-electron chi connectivity index (χ2n) is 4.75. The molecule has 0 spiro atoms. The van der Waals surface area contributed by atoms with E-state index in [1.54, 1.807) is 31.2 Å². The molecule has 16 heavy (non-hydrogen) atoms. The summed E-state index contributed by atoms with van der Waals surface area (Å²) in [6.07, 6.45) is 0.464. The van der Waals surface area contributed by atoms with Crippen LogP contribution in [0.15, 0.2) is 24.3 Å². The van der Waals surface area contributed by atoms with Crippen LogP contribution < -0.4 is 0 Å². The zero-order chi connectivity index (χ0) is 12.0. The molecule has 2 rings (SSSR count). The average molecular weight is 241 g/mol. The van der Waals surface area contributed by atoms with Gasteiger partial charge in [0.05, 0.1) is 11.0 Å². The standard InChI is InChI=1S/C12H13ClO3/c1-11(16)6-12(7-11,10(14)15)8-3-2-4-9(13)5-8/h2-5,16H,6-7H2,1H3,(H,14,15). The van der Waals surface area contributed by atoms with Crippen LogP contribution in [0.3, 0.4) is 0 Å². The molecule has 1 aromatic carbocycles. The van der Waals surface area contributed by atoms with E-state index >= 15 is 0 Å². The number of benzene rings is 1. The first-order chi connectivity index (χ1) is 7.36. The quantitative estimate of drug-likeness (QED) is 0.833. The monoisotopic (exact) mass is 240 g/mol. The van der Waals surface area contributed by atoms with Crippen LogP contribution in [0.2, 0.25) is 5.02 Å². The lowest BCUT2D eigenvalue weighted by Crippen LogP contribution is -2.57. The van der Waals surface area contributed by atoms with E-state index in [4.69, 9.17) is 11.6 Å². The van der Waals surface area contributed by atoms with Gasteiger partial charge in [0.15, 0.2) is 0 Å². The highest BCUT2D eigenvalue weighted by molar-refractivity contribution is 6.30. The maximum atomic E-state index is 11.3. The van der Waals surface area contributed by atoms with E-state index in [0.29, 0.717) is 10.6 Å². The summed E-state index contributed by atoms with van der Waals surface area (Å²) in [6.45, 7) is 1.65. The van der Waals surface area contributed by atoms with Gasteiger partial charge in [0.1, 0.15) is 0 Å². The number of hydrogen-bond donors (Lipinski definition) is 2. The molecule has 1 aliphatic rings. The normalized spacial score (nSPS) is 33.2. The van der Waals surface area contributed by atoms with Crippen LogP contribution >= 0.6 is 11.6 Å². The van der Waals surface area contributed by atoms with Crippen LogP contribution in [0.25, 0.3) is 0 Å². The van der Waals surface area contributed by atoms with Crippen molar-refractivity contribution in [3.05, 3.63) is 34.9 Å². The molecular formula is C12H13ClO3. The summed E-state index contributed by atoms with van der Waals surface area (Å²) in [7, 11) is 0. The van der Waals surface area contributed by atoms with E-state index in [0.717, 1.165) is 0 Å². The Hall–Kier alpha value is -1.06. The Bertz CT molecular complexity index is 432. The van der Waals surface area contributed by atoms with E-state index in [2.05, 4.69) is 0 Å². The Balaban J connectivity index is 2.40. The minimum absolute atomic E-state index is 0.232. The van der Waals surface area contributed by atoms with Gasteiger partial charge in [0.25, 0.3) is 0 Å². The largest absolute Gasteiger partial charge is 0.481 e. The minimum atomic E-state index is -0.978. The van der Waals surface area contributed by atoms with Gasteiger partial charge in [-0.25, -0.2) is 0 Å². The van der Waals surface area contributed by atoms with Crippen LogP contribution in [-0.4, -0.2) is 21.8 Å². The topological polar surface area (TPSA) is 57.5 Å². The molecule has 0 bridgehead atoms. The number of halogens is 1. The lowest BCUT2D eigenvalue weighted by atomic mass is 9.57. The van der Waals surface area contributed by atoms with Crippen molar-refractivity contribution in [3.8, 4) is 0 Å². The summed E-state index contributed by atoms with van der Waals surface area (Å²) in [5.41, 5.74) is -1.20. The average Bonchev–Trinajstić information content (AvgIpc) is 2.13. The van der Waals surface area contributed by atoms with E-state index in [1.165, 1.54) is 0 Å². The van der Waals surface area contributed by atoms with Gasteiger partial charge >= 0.3 is 5.97 Å². The third kappa shape index (κ3) is 1.70. The van der Waals surface area contributed by atoms with Crippen molar-refractivity contribution in [2.75, 3.05) is 0 Å². The van der Waals surface area contributed by atoms with Crippen molar-refractivity contribution in [2.24, 2.45) is 0 Å². The molecule has 0 aromatic heterocycles. The van der Waals surface area contributed by atoms with Crippen molar-refractivity contribution >= 4 is 17.6 Å². The molecule has 0 unspecified atom stereocenters. The SMILES string of the molecule is CC1(O)CC(C(=O)O)(c2cccc(Cl)c2)C1.